The number of alkyl halides is 1. The first-order chi connectivity index (χ1) is 8.95. The second-order valence-electron chi connectivity index (χ2n) is 4.16. The third-order valence-corrected chi connectivity index (χ3v) is 3.98. The fraction of sp³-hybridized carbons (Fsp3) is 0.308. The van der Waals surface area contributed by atoms with Crippen molar-refractivity contribution in [3.8, 4) is 5.75 Å². The van der Waals surface area contributed by atoms with E-state index in [4.69, 9.17) is 5.11 Å². The number of phenols is 1. The number of benzene rings is 1. The van der Waals surface area contributed by atoms with Crippen molar-refractivity contribution in [3.05, 3.63) is 35.4 Å². The minimum Gasteiger partial charge on any atom is -0.508 e. The molecule has 0 fully saturated rings. The van der Waals surface area contributed by atoms with Gasteiger partial charge in [0.2, 0.25) is 5.91 Å². The summed E-state index contributed by atoms with van der Waals surface area (Å²) in [5, 5.41) is 9.15. The minimum absolute atomic E-state index is 0.160. The van der Waals surface area contributed by atoms with Crippen LogP contribution in [0.4, 0.5) is 8.78 Å². The summed E-state index contributed by atoms with van der Waals surface area (Å²) in [5.74, 6) is -2.38. The predicted molar refractivity (Wildman–Crippen MR) is 75.8 cm³/mol. The normalized spacial score (nSPS) is 19.6. The van der Waals surface area contributed by atoms with Crippen LogP contribution in [-0.2, 0) is 4.79 Å². The quantitative estimate of drug-likeness (QED) is 0.634. The van der Waals surface area contributed by atoms with E-state index in [9.17, 15) is 13.6 Å². The molecule has 1 atom stereocenters. The maximum Gasteiger partial charge on any atom is 0.240 e. The average Bonchev–Trinajstić information content (AvgIpc) is 2.32. The molecule has 0 saturated carbocycles. The highest BCUT2D eigenvalue weighted by atomic mass is 127. The molecule has 0 spiro atoms. The molecule has 1 heterocycles. The number of nitrogens with zero attached hydrogens (tertiary/aromatic N) is 1. The summed E-state index contributed by atoms with van der Waals surface area (Å²) in [6.07, 6.45) is 2.09. The van der Waals surface area contributed by atoms with Crippen molar-refractivity contribution >= 4 is 34.2 Å². The molecule has 1 N–H and O–H groups in total. The smallest absolute Gasteiger partial charge is 0.240 e. The summed E-state index contributed by atoms with van der Waals surface area (Å²) in [5.41, 5.74) is -0.0354. The van der Waals surface area contributed by atoms with Gasteiger partial charge in [-0.3, -0.25) is 4.79 Å². The second kappa shape index (κ2) is 5.44. The Labute approximate surface area is 123 Å². The molecule has 0 aromatic heterocycles. The standard InChI is InChI=1S/C13H12F2INO2/c1-2-17-11(4-3-10(16)13(17)19)12-8(14)5-7(18)6-9(12)15/h4-6,10,18H,2-3H2,1H3. The van der Waals surface area contributed by atoms with Crippen molar-refractivity contribution < 1.29 is 18.7 Å². The number of carbonyl (C=O) groups is 1. The number of hydrogen-bond acceptors (Lipinski definition) is 2. The molecule has 1 aliphatic heterocycles. The van der Waals surface area contributed by atoms with Crippen molar-refractivity contribution in [1.29, 1.82) is 0 Å². The van der Waals surface area contributed by atoms with E-state index >= 15 is 0 Å². The first-order valence-corrected chi connectivity index (χ1v) is 7.04. The van der Waals surface area contributed by atoms with E-state index in [1.807, 2.05) is 22.6 Å². The van der Waals surface area contributed by atoms with Gasteiger partial charge >= 0.3 is 0 Å². The lowest BCUT2D eigenvalue weighted by atomic mass is 10.0. The molecule has 0 radical (unpaired) electrons. The number of allylic oxidation sites excluding steroid dienone is 1. The highest BCUT2D eigenvalue weighted by Crippen LogP contribution is 2.33. The van der Waals surface area contributed by atoms with Crippen LogP contribution in [0.25, 0.3) is 5.70 Å². The lowest BCUT2D eigenvalue weighted by Crippen LogP contribution is -2.38. The van der Waals surface area contributed by atoms with E-state index in [0.717, 1.165) is 12.1 Å². The van der Waals surface area contributed by atoms with Gasteiger partial charge in [0, 0.05) is 18.7 Å². The third-order valence-electron chi connectivity index (χ3n) is 2.94. The molecule has 3 nitrogen and oxygen atoms in total. The van der Waals surface area contributed by atoms with Crippen molar-refractivity contribution in [3.63, 3.8) is 0 Å². The van der Waals surface area contributed by atoms with Crippen molar-refractivity contribution in [1.82, 2.24) is 4.90 Å². The number of phenolic OH excluding ortho intramolecular Hbond substituents is 1. The highest BCUT2D eigenvalue weighted by molar-refractivity contribution is 14.1. The number of halogens is 3. The van der Waals surface area contributed by atoms with Crippen LogP contribution in [0.1, 0.15) is 18.9 Å². The Morgan fingerprint density at radius 1 is 1.42 bits per heavy atom. The van der Waals surface area contributed by atoms with Gasteiger partial charge in [0.05, 0.1) is 15.2 Å². The summed E-state index contributed by atoms with van der Waals surface area (Å²) in [6, 6.07) is 1.68. The Morgan fingerprint density at radius 3 is 2.53 bits per heavy atom. The zero-order valence-electron chi connectivity index (χ0n) is 10.2. The van der Waals surface area contributed by atoms with Crippen molar-refractivity contribution in [2.75, 3.05) is 6.54 Å². The minimum atomic E-state index is -0.873. The molecule has 1 aromatic rings. The Morgan fingerprint density at radius 2 is 2.00 bits per heavy atom. The van der Waals surface area contributed by atoms with Crippen LogP contribution in [-0.4, -0.2) is 26.4 Å². The lowest BCUT2D eigenvalue weighted by molar-refractivity contribution is -0.127. The van der Waals surface area contributed by atoms with Crippen LogP contribution in [0.5, 0.6) is 5.75 Å². The largest absolute Gasteiger partial charge is 0.508 e. The van der Waals surface area contributed by atoms with Crippen LogP contribution >= 0.6 is 22.6 Å². The zero-order chi connectivity index (χ0) is 14.2. The SMILES string of the molecule is CCN1C(=O)C(I)CC=C1c1c(F)cc(O)cc1F. The number of amides is 1. The summed E-state index contributed by atoms with van der Waals surface area (Å²) < 4.78 is 27.5. The third kappa shape index (κ3) is 2.58. The first kappa shape index (κ1) is 14.2. The van der Waals surface area contributed by atoms with Crippen molar-refractivity contribution in [2.45, 2.75) is 17.3 Å². The fourth-order valence-electron chi connectivity index (χ4n) is 2.08. The highest BCUT2D eigenvalue weighted by Gasteiger charge is 2.31. The Balaban J connectivity index is 2.55. The molecule has 0 aliphatic carbocycles. The molecule has 6 heteroatoms. The molecule has 1 amide bonds. The molecule has 1 aromatic carbocycles. The summed E-state index contributed by atoms with van der Waals surface area (Å²) in [4.78, 5) is 13.4. The van der Waals surface area contributed by atoms with Gasteiger partial charge < -0.3 is 10.0 Å². The summed E-state index contributed by atoms with van der Waals surface area (Å²) in [6.45, 7) is 2.08. The fourth-order valence-corrected chi connectivity index (χ4v) is 2.67. The summed E-state index contributed by atoms with van der Waals surface area (Å²) in [7, 11) is 0. The maximum absolute atomic E-state index is 13.8. The van der Waals surface area contributed by atoms with Gasteiger partial charge in [-0.15, -0.1) is 0 Å². The Kier molecular flexibility index (Phi) is 4.07. The van der Waals surface area contributed by atoms with Gasteiger partial charge in [0.25, 0.3) is 0 Å². The van der Waals surface area contributed by atoms with Gasteiger partial charge in [-0.05, 0) is 13.3 Å². The van der Waals surface area contributed by atoms with Crippen LogP contribution in [0.3, 0.4) is 0 Å². The zero-order valence-corrected chi connectivity index (χ0v) is 12.3. The van der Waals surface area contributed by atoms with E-state index in [0.29, 0.717) is 13.0 Å². The number of carbonyl (C=O) groups excluding carboxylic acids is 1. The molecular formula is C13H12F2INO2. The molecule has 19 heavy (non-hydrogen) atoms. The molecule has 1 unspecified atom stereocenters. The van der Waals surface area contributed by atoms with E-state index in [2.05, 4.69) is 0 Å². The van der Waals surface area contributed by atoms with Crippen LogP contribution in [0.2, 0.25) is 0 Å². The van der Waals surface area contributed by atoms with E-state index < -0.39 is 17.4 Å². The number of hydrogen-bond donors (Lipinski definition) is 1. The van der Waals surface area contributed by atoms with Gasteiger partial charge in [-0.2, -0.15) is 0 Å². The topological polar surface area (TPSA) is 40.5 Å². The molecular weight excluding hydrogens is 367 g/mol. The molecule has 1 aliphatic rings. The van der Waals surface area contributed by atoms with Crippen LogP contribution in [0.15, 0.2) is 18.2 Å². The van der Waals surface area contributed by atoms with Gasteiger partial charge in [-0.25, -0.2) is 8.78 Å². The Hall–Kier alpha value is -1.18. The number of rotatable bonds is 2. The molecule has 2 rings (SSSR count). The van der Waals surface area contributed by atoms with Crippen molar-refractivity contribution in [2.24, 2.45) is 0 Å². The summed E-state index contributed by atoms with van der Waals surface area (Å²) >= 11 is 2.01. The van der Waals surface area contributed by atoms with Gasteiger partial charge in [-0.1, -0.05) is 28.7 Å². The molecule has 102 valence electrons. The van der Waals surface area contributed by atoms with E-state index in [1.54, 1.807) is 13.0 Å². The predicted octanol–water partition coefficient (Wildman–Crippen LogP) is 3.07. The van der Waals surface area contributed by atoms with Gasteiger partial charge in [0.15, 0.2) is 0 Å². The first-order valence-electron chi connectivity index (χ1n) is 5.79. The van der Waals surface area contributed by atoms with E-state index in [-0.39, 0.29) is 21.1 Å². The lowest BCUT2D eigenvalue weighted by Gasteiger charge is -2.30. The van der Waals surface area contributed by atoms with E-state index in [1.165, 1.54) is 4.90 Å². The monoisotopic (exact) mass is 379 g/mol. The van der Waals surface area contributed by atoms with Gasteiger partial charge in [0.1, 0.15) is 17.4 Å². The van der Waals surface area contributed by atoms with Crippen LogP contribution < -0.4 is 0 Å². The Bertz CT molecular complexity index is 537. The number of aromatic hydroxyl groups is 1. The second-order valence-corrected chi connectivity index (χ2v) is 5.66. The molecule has 0 saturated heterocycles. The average molecular weight is 379 g/mol. The molecule has 0 bridgehead atoms. The maximum atomic E-state index is 13.8. The van der Waals surface area contributed by atoms with Crippen LogP contribution in [0, 0.1) is 11.6 Å².